The second-order valence-electron chi connectivity index (χ2n) is 4.44. The van der Waals surface area contributed by atoms with Gasteiger partial charge in [-0.3, -0.25) is 4.57 Å². The molecule has 0 fully saturated rings. The molecule has 0 saturated heterocycles. The van der Waals surface area contributed by atoms with Crippen molar-refractivity contribution in [1.82, 2.24) is 4.57 Å². The number of alkyl halides is 2. The lowest BCUT2D eigenvalue weighted by atomic mass is 9.96. The third-order valence-electron chi connectivity index (χ3n) is 3.47. The minimum atomic E-state index is -2.45. The Balaban J connectivity index is 2.38. The monoisotopic (exact) mass is 299 g/mol. The van der Waals surface area contributed by atoms with Gasteiger partial charge in [-0.1, -0.05) is 22.0 Å². The van der Waals surface area contributed by atoms with E-state index in [1.807, 2.05) is 12.1 Å². The van der Waals surface area contributed by atoms with Crippen LogP contribution in [0.2, 0.25) is 0 Å². The van der Waals surface area contributed by atoms with Gasteiger partial charge in [0.2, 0.25) is 0 Å². The third-order valence-corrected chi connectivity index (χ3v) is 3.96. The summed E-state index contributed by atoms with van der Waals surface area (Å²) in [5.41, 5.74) is 2.61. The van der Waals surface area contributed by atoms with Gasteiger partial charge in [-0.25, -0.2) is 0 Å². The van der Waals surface area contributed by atoms with Crippen LogP contribution in [0.1, 0.15) is 30.6 Å². The summed E-state index contributed by atoms with van der Waals surface area (Å²) in [7, 11) is 0. The molecule has 0 atom stereocenters. The van der Waals surface area contributed by atoms with E-state index in [1.54, 1.807) is 6.07 Å². The first-order valence-corrected chi connectivity index (χ1v) is 6.57. The largest absolute Gasteiger partial charge is 0.319 e. The zero-order valence-corrected chi connectivity index (χ0v) is 10.8. The normalized spacial score (nSPS) is 15.5. The van der Waals surface area contributed by atoms with Crippen LogP contribution in [0.25, 0.3) is 10.9 Å². The molecule has 90 valence electrons. The quantitative estimate of drug-likeness (QED) is 0.721. The van der Waals surface area contributed by atoms with Crippen molar-refractivity contribution in [3.05, 3.63) is 33.9 Å². The summed E-state index contributed by atoms with van der Waals surface area (Å²) in [6.45, 7) is -2.45. The van der Waals surface area contributed by atoms with E-state index in [4.69, 9.17) is 0 Å². The van der Waals surface area contributed by atoms with Crippen LogP contribution in [0, 0.1) is 0 Å². The molecule has 1 heterocycles. The van der Waals surface area contributed by atoms with Crippen LogP contribution in [0.15, 0.2) is 22.7 Å². The van der Waals surface area contributed by atoms with Gasteiger partial charge in [0, 0.05) is 15.6 Å². The van der Waals surface area contributed by atoms with Crippen LogP contribution in [0.3, 0.4) is 0 Å². The number of halogens is 3. The Kier molecular flexibility index (Phi) is 2.69. The Labute approximate surface area is 107 Å². The molecule has 1 aliphatic carbocycles. The molecule has 0 radical (unpaired) electrons. The minimum absolute atomic E-state index is 0.654. The van der Waals surface area contributed by atoms with Gasteiger partial charge in [-0.05, 0) is 43.4 Å². The zero-order valence-electron chi connectivity index (χ0n) is 9.22. The predicted octanol–water partition coefficient (Wildman–Crippen LogP) is 4.68. The van der Waals surface area contributed by atoms with Crippen LogP contribution in [-0.2, 0) is 12.8 Å². The van der Waals surface area contributed by atoms with E-state index in [0.29, 0.717) is 5.52 Å². The molecule has 1 nitrogen and oxygen atoms in total. The van der Waals surface area contributed by atoms with Crippen molar-refractivity contribution in [2.75, 3.05) is 0 Å². The van der Waals surface area contributed by atoms with Crippen molar-refractivity contribution < 1.29 is 8.78 Å². The lowest BCUT2D eigenvalue weighted by molar-refractivity contribution is 0.0718. The highest BCUT2D eigenvalue weighted by atomic mass is 79.9. The summed E-state index contributed by atoms with van der Waals surface area (Å²) in [6, 6.07) is 5.66. The average molecular weight is 300 g/mol. The molecular formula is C13H12BrF2N. The molecule has 1 aromatic carbocycles. The molecule has 0 amide bonds. The van der Waals surface area contributed by atoms with Crippen LogP contribution in [0.4, 0.5) is 8.78 Å². The predicted molar refractivity (Wildman–Crippen MR) is 67.5 cm³/mol. The molecule has 17 heavy (non-hydrogen) atoms. The lowest BCUT2D eigenvalue weighted by Crippen LogP contribution is -2.08. The maximum Gasteiger partial charge on any atom is 0.319 e. The van der Waals surface area contributed by atoms with Crippen molar-refractivity contribution in [3.63, 3.8) is 0 Å². The number of fused-ring (bicyclic) bond motifs is 3. The summed E-state index contributed by atoms with van der Waals surface area (Å²) in [6.07, 6.45) is 3.81. The number of aromatic nitrogens is 1. The van der Waals surface area contributed by atoms with Gasteiger partial charge in [-0.2, -0.15) is 8.78 Å². The molecule has 1 aromatic heterocycles. The van der Waals surface area contributed by atoms with E-state index >= 15 is 0 Å². The first-order chi connectivity index (χ1) is 8.18. The summed E-state index contributed by atoms with van der Waals surface area (Å²) in [4.78, 5) is 0. The van der Waals surface area contributed by atoms with Crippen molar-refractivity contribution in [2.45, 2.75) is 32.2 Å². The first-order valence-electron chi connectivity index (χ1n) is 5.78. The van der Waals surface area contributed by atoms with E-state index in [1.165, 1.54) is 4.57 Å². The third kappa shape index (κ3) is 1.69. The number of rotatable bonds is 1. The second-order valence-corrected chi connectivity index (χ2v) is 5.36. The molecule has 0 N–H and O–H groups in total. The summed E-state index contributed by atoms with van der Waals surface area (Å²) >= 11 is 3.35. The SMILES string of the molecule is FC(F)n1c2c(c3ccc(Br)cc31)CCCC2. The first kappa shape index (κ1) is 11.2. The molecular weight excluding hydrogens is 288 g/mol. The van der Waals surface area contributed by atoms with Crippen molar-refractivity contribution >= 4 is 26.8 Å². The van der Waals surface area contributed by atoms with Crippen LogP contribution >= 0.6 is 15.9 Å². The number of hydrogen-bond donors (Lipinski definition) is 0. The topological polar surface area (TPSA) is 4.93 Å². The van der Waals surface area contributed by atoms with Gasteiger partial charge in [0.1, 0.15) is 0 Å². The zero-order chi connectivity index (χ0) is 12.0. The van der Waals surface area contributed by atoms with Gasteiger partial charge in [0.05, 0.1) is 5.52 Å². The summed E-state index contributed by atoms with van der Waals surface area (Å²) in [5.74, 6) is 0. The Bertz CT molecular complexity index is 574. The fourth-order valence-corrected chi connectivity index (χ4v) is 3.12. The smallest absolute Gasteiger partial charge is 0.288 e. The number of aryl methyl sites for hydroxylation is 1. The van der Waals surface area contributed by atoms with Crippen LogP contribution in [-0.4, -0.2) is 4.57 Å². The molecule has 2 aromatic rings. The molecule has 3 rings (SSSR count). The molecule has 4 heteroatoms. The van der Waals surface area contributed by atoms with Crippen LogP contribution < -0.4 is 0 Å². The Morgan fingerprint density at radius 3 is 2.71 bits per heavy atom. The Morgan fingerprint density at radius 1 is 1.18 bits per heavy atom. The van der Waals surface area contributed by atoms with Gasteiger partial charge < -0.3 is 0 Å². The molecule has 0 unspecified atom stereocenters. The summed E-state index contributed by atoms with van der Waals surface area (Å²) < 4.78 is 28.4. The van der Waals surface area contributed by atoms with Crippen LogP contribution in [0.5, 0.6) is 0 Å². The molecule has 0 bridgehead atoms. The highest BCUT2D eigenvalue weighted by Crippen LogP contribution is 2.36. The molecule has 0 saturated carbocycles. The number of nitrogens with zero attached hydrogens (tertiary/aromatic N) is 1. The molecule has 0 spiro atoms. The lowest BCUT2D eigenvalue weighted by Gasteiger charge is -2.15. The number of hydrogen-bond acceptors (Lipinski definition) is 0. The summed E-state index contributed by atoms with van der Waals surface area (Å²) in [5, 5.41) is 0.989. The van der Waals surface area contributed by atoms with Gasteiger partial charge >= 0.3 is 6.55 Å². The minimum Gasteiger partial charge on any atom is -0.288 e. The maximum absolute atomic E-state index is 13.2. The molecule has 1 aliphatic rings. The Morgan fingerprint density at radius 2 is 1.94 bits per heavy atom. The second kappa shape index (κ2) is 4.09. The average Bonchev–Trinajstić information content (AvgIpc) is 2.62. The fraction of sp³-hybridized carbons (Fsp3) is 0.385. The standard InChI is InChI=1S/C13H12BrF2N/c14-8-5-6-10-9-3-1-2-4-11(9)17(13(15)16)12(10)7-8/h5-7,13H,1-4H2. The van der Waals surface area contributed by atoms with Gasteiger partial charge in [0.15, 0.2) is 0 Å². The van der Waals surface area contributed by atoms with Gasteiger partial charge in [0.25, 0.3) is 0 Å². The van der Waals surface area contributed by atoms with Crippen molar-refractivity contribution in [2.24, 2.45) is 0 Å². The number of benzene rings is 1. The van der Waals surface area contributed by atoms with E-state index in [9.17, 15) is 8.78 Å². The van der Waals surface area contributed by atoms with E-state index in [-0.39, 0.29) is 0 Å². The fourth-order valence-electron chi connectivity index (χ4n) is 2.77. The highest BCUT2D eigenvalue weighted by Gasteiger charge is 2.23. The highest BCUT2D eigenvalue weighted by molar-refractivity contribution is 9.10. The van der Waals surface area contributed by atoms with Gasteiger partial charge in [-0.15, -0.1) is 0 Å². The van der Waals surface area contributed by atoms with E-state index in [2.05, 4.69) is 15.9 Å². The molecule has 0 aliphatic heterocycles. The van der Waals surface area contributed by atoms with E-state index in [0.717, 1.165) is 46.8 Å². The Hall–Kier alpha value is -0.900. The van der Waals surface area contributed by atoms with E-state index < -0.39 is 6.55 Å². The van der Waals surface area contributed by atoms with Crippen molar-refractivity contribution in [3.8, 4) is 0 Å². The van der Waals surface area contributed by atoms with Crippen molar-refractivity contribution in [1.29, 1.82) is 0 Å². The maximum atomic E-state index is 13.2.